The summed E-state index contributed by atoms with van der Waals surface area (Å²) in [6.45, 7) is 1.92. The first-order chi connectivity index (χ1) is 7.34. The minimum atomic E-state index is 0.776. The first-order valence-corrected chi connectivity index (χ1v) is 5.19. The highest BCUT2D eigenvalue weighted by atomic mass is 16.5. The van der Waals surface area contributed by atoms with Crippen molar-refractivity contribution in [1.29, 1.82) is 0 Å². The Labute approximate surface area is 87.9 Å². The average Bonchev–Trinajstić information content (AvgIpc) is 2.27. The second-order valence-corrected chi connectivity index (χ2v) is 3.94. The van der Waals surface area contributed by atoms with Crippen LogP contribution in [0, 0.1) is 5.21 Å². The van der Waals surface area contributed by atoms with Crippen LogP contribution in [0.25, 0.3) is 10.9 Å². The minimum Gasteiger partial charge on any atom is -0.618 e. The SMILES string of the molecule is [O-][n+]1cccc2cc3c(cc21)CCNC3. The van der Waals surface area contributed by atoms with Gasteiger partial charge in [-0.2, -0.15) is 4.73 Å². The molecule has 0 aliphatic carbocycles. The van der Waals surface area contributed by atoms with E-state index in [1.54, 1.807) is 12.3 Å². The molecule has 3 heteroatoms. The maximum atomic E-state index is 11.6. The van der Waals surface area contributed by atoms with Gasteiger partial charge >= 0.3 is 0 Å². The average molecular weight is 200 g/mol. The molecule has 3 nitrogen and oxygen atoms in total. The predicted octanol–water partition coefficient (Wildman–Crippen LogP) is 1.12. The molecule has 1 aromatic carbocycles. The van der Waals surface area contributed by atoms with Crippen LogP contribution in [-0.4, -0.2) is 6.54 Å². The Hall–Kier alpha value is -1.61. The largest absolute Gasteiger partial charge is 0.618 e. The Bertz CT molecular complexity index is 522. The van der Waals surface area contributed by atoms with E-state index in [0.717, 1.165) is 35.1 Å². The highest BCUT2D eigenvalue weighted by Gasteiger charge is 2.12. The number of benzene rings is 1. The monoisotopic (exact) mass is 200 g/mol. The summed E-state index contributed by atoms with van der Waals surface area (Å²) in [6, 6.07) is 7.92. The van der Waals surface area contributed by atoms with Crippen LogP contribution >= 0.6 is 0 Å². The van der Waals surface area contributed by atoms with Crippen LogP contribution in [0.4, 0.5) is 0 Å². The number of hydrogen-bond acceptors (Lipinski definition) is 2. The lowest BCUT2D eigenvalue weighted by atomic mass is 9.98. The number of pyridine rings is 1. The minimum absolute atomic E-state index is 0.776. The zero-order valence-electron chi connectivity index (χ0n) is 8.36. The molecule has 0 fully saturated rings. The molecule has 3 rings (SSSR count). The van der Waals surface area contributed by atoms with Crippen LogP contribution in [0.15, 0.2) is 30.5 Å². The van der Waals surface area contributed by atoms with E-state index in [9.17, 15) is 5.21 Å². The van der Waals surface area contributed by atoms with Gasteiger partial charge in [-0.25, -0.2) is 0 Å². The second kappa shape index (κ2) is 3.21. The maximum Gasteiger partial charge on any atom is 0.224 e. The first kappa shape index (κ1) is 8.68. The van der Waals surface area contributed by atoms with Crippen LogP contribution in [0.1, 0.15) is 11.1 Å². The van der Waals surface area contributed by atoms with Gasteiger partial charge in [-0.1, -0.05) is 0 Å². The molecule has 1 aliphatic heterocycles. The van der Waals surface area contributed by atoms with Crippen LogP contribution < -0.4 is 10.0 Å². The molecule has 1 N–H and O–H groups in total. The third-order valence-corrected chi connectivity index (χ3v) is 2.97. The molecule has 1 aromatic heterocycles. The molecule has 15 heavy (non-hydrogen) atoms. The van der Waals surface area contributed by atoms with Crippen molar-refractivity contribution in [3.05, 3.63) is 46.8 Å². The van der Waals surface area contributed by atoms with Crippen LogP contribution in [0.2, 0.25) is 0 Å². The number of nitrogens with one attached hydrogen (secondary N) is 1. The summed E-state index contributed by atoms with van der Waals surface area (Å²) in [7, 11) is 0. The van der Waals surface area contributed by atoms with E-state index in [1.807, 2.05) is 12.1 Å². The third kappa shape index (κ3) is 1.36. The Morgan fingerprint density at radius 2 is 2.20 bits per heavy atom. The second-order valence-electron chi connectivity index (χ2n) is 3.94. The lowest BCUT2D eigenvalue weighted by molar-refractivity contribution is -0.577. The van der Waals surface area contributed by atoms with Gasteiger partial charge in [0, 0.05) is 24.1 Å². The fourth-order valence-electron chi connectivity index (χ4n) is 2.17. The zero-order chi connectivity index (χ0) is 10.3. The van der Waals surface area contributed by atoms with E-state index in [1.165, 1.54) is 11.1 Å². The summed E-state index contributed by atoms with van der Waals surface area (Å²) in [6.07, 6.45) is 2.57. The van der Waals surface area contributed by atoms with Gasteiger partial charge in [-0.15, -0.1) is 0 Å². The highest BCUT2D eigenvalue weighted by Crippen LogP contribution is 2.20. The molecule has 0 atom stereocenters. The lowest BCUT2D eigenvalue weighted by Crippen LogP contribution is -2.28. The topological polar surface area (TPSA) is 39.0 Å². The van der Waals surface area contributed by atoms with E-state index < -0.39 is 0 Å². The molecule has 0 radical (unpaired) electrons. The van der Waals surface area contributed by atoms with Gasteiger partial charge < -0.3 is 10.5 Å². The summed E-state index contributed by atoms with van der Waals surface area (Å²) >= 11 is 0. The van der Waals surface area contributed by atoms with Crippen molar-refractivity contribution in [2.75, 3.05) is 6.54 Å². The Morgan fingerprint density at radius 1 is 1.27 bits per heavy atom. The van der Waals surface area contributed by atoms with Crippen molar-refractivity contribution >= 4 is 10.9 Å². The van der Waals surface area contributed by atoms with Gasteiger partial charge in [0.25, 0.3) is 0 Å². The normalized spacial score (nSPS) is 15.2. The number of aromatic nitrogens is 1. The van der Waals surface area contributed by atoms with Gasteiger partial charge in [-0.3, -0.25) is 0 Å². The lowest BCUT2D eigenvalue weighted by Gasteiger charge is -2.17. The molecule has 0 unspecified atom stereocenters. The number of hydrogen-bond donors (Lipinski definition) is 1. The molecule has 0 spiro atoms. The van der Waals surface area contributed by atoms with Crippen LogP contribution in [0.5, 0.6) is 0 Å². The fraction of sp³-hybridized carbons (Fsp3) is 0.250. The maximum absolute atomic E-state index is 11.6. The summed E-state index contributed by atoms with van der Waals surface area (Å²) < 4.78 is 0.942. The summed E-state index contributed by atoms with van der Waals surface area (Å²) in [5.41, 5.74) is 3.40. The molecule has 2 aromatic rings. The van der Waals surface area contributed by atoms with Crippen molar-refractivity contribution in [2.45, 2.75) is 13.0 Å². The standard InChI is InChI=1S/C12H12N2O/c15-14-5-1-2-10-6-11-8-13-4-3-9(11)7-12(10)14/h1-2,5-7,13H,3-4,8H2. The molecular formula is C12H12N2O. The molecule has 0 saturated carbocycles. The molecule has 0 amide bonds. The Morgan fingerprint density at radius 3 is 3.13 bits per heavy atom. The van der Waals surface area contributed by atoms with Crippen molar-refractivity contribution in [1.82, 2.24) is 5.32 Å². The highest BCUT2D eigenvalue weighted by molar-refractivity contribution is 5.77. The van der Waals surface area contributed by atoms with Crippen molar-refractivity contribution in [3.63, 3.8) is 0 Å². The van der Waals surface area contributed by atoms with E-state index in [-0.39, 0.29) is 0 Å². The van der Waals surface area contributed by atoms with Crippen molar-refractivity contribution < 1.29 is 4.73 Å². The number of nitrogens with zero attached hydrogens (tertiary/aromatic N) is 1. The van der Waals surface area contributed by atoms with Gasteiger partial charge in [0.05, 0.1) is 0 Å². The molecule has 76 valence electrons. The van der Waals surface area contributed by atoms with Gasteiger partial charge in [-0.05, 0) is 36.2 Å². The Kier molecular flexibility index (Phi) is 1.86. The summed E-state index contributed by atoms with van der Waals surface area (Å²) in [5.74, 6) is 0. The summed E-state index contributed by atoms with van der Waals surface area (Å²) in [4.78, 5) is 0. The summed E-state index contributed by atoms with van der Waals surface area (Å²) in [5, 5.41) is 15.9. The number of fused-ring (bicyclic) bond motifs is 2. The van der Waals surface area contributed by atoms with Crippen molar-refractivity contribution in [2.24, 2.45) is 0 Å². The van der Waals surface area contributed by atoms with E-state index in [4.69, 9.17) is 0 Å². The number of rotatable bonds is 0. The predicted molar refractivity (Wildman–Crippen MR) is 58.3 cm³/mol. The Balaban J connectivity index is 2.31. The molecule has 2 heterocycles. The first-order valence-electron chi connectivity index (χ1n) is 5.19. The third-order valence-electron chi connectivity index (χ3n) is 2.97. The van der Waals surface area contributed by atoms with Crippen molar-refractivity contribution in [3.8, 4) is 0 Å². The zero-order valence-corrected chi connectivity index (χ0v) is 8.36. The quantitative estimate of drug-likeness (QED) is 0.511. The molecule has 1 aliphatic rings. The smallest absolute Gasteiger partial charge is 0.224 e. The van der Waals surface area contributed by atoms with E-state index in [2.05, 4.69) is 11.4 Å². The van der Waals surface area contributed by atoms with E-state index in [0.29, 0.717) is 0 Å². The molecule has 0 saturated heterocycles. The van der Waals surface area contributed by atoms with Gasteiger partial charge in [0.2, 0.25) is 5.52 Å². The van der Waals surface area contributed by atoms with Gasteiger partial charge in [0.15, 0.2) is 6.20 Å². The molecular weight excluding hydrogens is 188 g/mol. The van der Waals surface area contributed by atoms with Crippen LogP contribution in [-0.2, 0) is 13.0 Å². The van der Waals surface area contributed by atoms with Gasteiger partial charge in [0.1, 0.15) is 0 Å². The van der Waals surface area contributed by atoms with E-state index >= 15 is 0 Å². The van der Waals surface area contributed by atoms with Crippen LogP contribution in [0.3, 0.4) is 0 Å². The molecule has 0 bridgehead atoms. The fourth-order valence-corrected chi connectivity index (χ4v) is 2.17.